The number of rotatable bonds is 1. The molecule has 1 aromatic carbocycles. The summed E-state index contributed by atoms with van der Waals surface area (Å²) in [5, 5.41) is 11.3. The van der Waals surface area contributed by atoms with Crippen LogP contribution in [0.2, 0.25) is 0 Å². The van der Waals surface area contributed by atoms with Gasteiger partial charge in [-0.15, -0.1) is 6.42 Å². The molecule has 4 nitrogen and oxygen atoms in total. The van der Waals surface area contributed by atoms with Gasteiger partial charge in [0, 0.05) is 17.2 Å². The molecule has 0 aliphatic carbocycles. The van der Waals surface area contributed by atoms with E-state index in [0.29, 0.717) is 22.6 Å². The molecule has 1 aromatic rings. The smallest absolute Gasteiger partial charge is 0.231 e. The minimum Gasteiger partial charge on any atom is -0.454 e. The van der Waals surface area contributed by atoms with Crippen LogP contribution in [0.5, 0.6) is 11.5 Å². The molecule has 70 valence electrons. The Balaban J connectivity index is 2.55. The zero-order valence-electron chi connectivity index (χ0n) is 7.23. The van der Waals surface area contributed by atoms with E-state index < -0.39 is 0 Å². The van der Waals surface area contributed by atoms with Crippen molar-refractivity contribution in [2.45, 2.75) is 0 Å². The average Bonchev–Trinajstić information content (AvgIpc) is 2.64. The normalized spacial score (nSPS) is 13.1. The lowest BCUT2D eigenvalue weighted by Gasteiger charge is -2.00. The Bertz CT molecular complexity index is 432. The van der Waals surface area contributed by atoms with E-state index in [1.807, 2.05) is 0 Å². The molecule has 0 aromatic heterocycles. The molecule has 0 saturated heterocycles. The summed E-state index contributed by atoms with van der Waals surface area (Å²) >= 11 is 0. The van der Waals surface area contributed by atoms with Gasteiger partial charge >= 0.3 is 0 Å². The first-order valence-electron chi connectivity index (χ1n) is 3.93. The van der Waals surface area contributed by atoms with Gasteiger partial charge in [-0.3, -0.25) is 0 Å². The Labute approximate surface area is 80.8 Å². The molecule has 0 fully saturated rings. The number of oxime groups is 1. The first-order valence-corrected chi connectivity index (χ1v) is 3.93. The molecule has 0 radical (unpaired) electrons. The molecule has 1 N–H and O–H groups in total. The Kier molecular flexibility index (Phi) is 1.99. The summed E-state index contributed by atoms with van der Waals surface area (Å²) in [5.74, 6) is 3.70. The van der Waals surface area contributed by atoms with Crippen LogP contribution in [0.4, 0.5) is 0 Å². The van der Waals surface area contributed by atoms with Gasteiger partial charge in [-0.25, -0.2) is 0 Å². The molecule has 0 amide bonds. The van der Waals surface area contributed by atoms with Crippen LogP contribution in [0, 0.1) is 12.3 Å². The highest BCUT2D eigenvalue weighted by molar-refractivity contribution is 5.84. The van der Waals surface area contributed by atoms with Crippen molar-refractivity contribution in [1.29, 1.82) is 0 Å². The average molecular weight is 189 g/mol. The predicted octanol–water partition coefficient (Wildman–Crippen LogP) is 1.20. The maximum atomic E-state index is 8.42. The summed E-state index contributed by atoms with van der Waals surface area (Å²) in [5.41, 5.74) is 1.23. The fraction of sp³-hybridized carbons (Fsp3) is 0.100. The molecule has 0 atom stereocenters. The second-order valence-electron chi connectivity index (χ2n) is 2.68. The molecule has 4 heteroatoms. The van der Waals surface area contributed by atoms with Gasteiger partial charge in [0.25, 0.3) is 0 Å². The third-order valence-corrected chi connectivity index (χ3v) is 1.90. The zero-order valence-corrected chi connectivity index (χ0v) is 7.23. The SMILES string of the molecule is C#Cc1cc2c(cc1/C=N/O)OCO2. The second kappa shape index (κ2) is 3.30. The second-order valence-corrected chi connectivity index (χ2v) is 2.68. The first kappa shape index (κ1) is 8.45. The lowest BCUT2D eigenvalue weighted by atomic mass is 10.1. The molecule has 0 spiro atoms. The number of terminal acetylenes is 1. The van der Waals surface area contributed by atoms with E-state index in [-0.39, 0.29) is 6.79 Å². The van der Waals surface area contributed by atoms with Gasteiger partial charge < -0.3 is 14.7 Å². The summed E-state index contributed by atoms with van der Waals surface area (Å²) < 4.78 is 10.3. The predicted molar refractivity (Wildman–Crippen MR) is 49.9 cm³/mol. The maximum Gasteiger partial charge on any atom is 0.231 e. The summed E-state index contributed by atoms with van der Waals surface area (Å²) in [7, 11) is 0. The van der Waals surface area contributed by atoms with Gasteiger partial charge in [0.05, 0.1) is 6.21 Å². The number of hydrogen-bond acceptors (Lipinski definition) is 4. The Hall–Kier alpha value is -2.15. The largest absolute Gasteiger partial charge is 0.454 e. The molecular weight excluding hydrogens is 182 g/mol. The van der Waals surface area contributed by atoms with Crippen molar-refractivity contribution in [3.8, 4) is 23.8 Å². The van der Waals surface area contributed by atoms with Crippen LogP contribution in [0.3, 0.4) is 0 Å². The van der Waals surface area contributed by atoms with Crippen LogP contribution in [0.15, 0.2) is 17.3 Å². The van der Waals surface area contributed by atoms with Gasteiger partial charge in [-0.05, 0) is 6.07 Å². The van der Waals surface area contributed by atoms with E-state index >= 15 is 0 Å². The molecule has 2 rings (SSSR count). The minimum absolute atomic E-state index is 0.194. The van der Waals surface area contributed by atoms with Gasteiger partial charge in [0.2, 0.25) is 6.79 Å². The highest BCUT2D eigenvalue weighted by Gasteiger charge is 2.15. The van der Waals surface area contributed by atoms with E-state index in [4.69, 9.17) is 21.1 Å². The number of hydrogen-bond donors (Lipinski definition) is 1. The third kappa shape index (κ3) is 1.25. The quantitative estimate of drug-likeness (QED) is 0.312. The van der Waals surface area contributed by atoms with Crippen LogP contribution < -0.4 is 9.47 Å². The molecule has 1 heterocycles. The number of fused-ring (bicyclic) bond motifs is 1. The van der Waals surface area contributed by atoms with Crippen LogP contribution in [-0.4, -0.2) is 18.2 Å². The van der Waals surface area contributed by atoms with Crippen molar-refractivity contribution in [3.05, 3.63) is 23.3 Å². The van der Waals surface area contributed by atoms with Crippen molar-refractivity contribution in [1.82, 2.24) is 0 Å². The van der Waals surface area contributed by atoms with Crippen LogP contribution in [0.25, 0.3) is 0 Å². The molecule has 0 unspecified atom stereocenters. The minimum atomic E-state index is 0.194. The molecule has 14 heavy (non-hydrogen) atoms. The molecular formula is C10H7NO3. The van der Waals surface area contributed by atoms with E-state index in [2.05, 4.69) is 11.1 Å². The Morgan fingerprint density at radius 3 is 2.79 bits per heavy atom. The number of nitrogens with zero attached hydrogens (tertiary/aromatic N) is 1. The topological polar surface area (TPSA) is 51.1 Å². The summed E-state index contributed by atoms with van der Waals surface area (Å²) in [6, 6.07) is 3.36. The Morgan fingerprint density at radius 1 is 1.43 bits per heavy atom. The lowest BCUT2D eigenvalue weighted by molar-refractivity contribution is 0.174. The van der Waals surface area contributed by atoms with Gasteiger partial charge in [0.1, 0.15) is 0 Å². The standard InChI is InChI=1S/C10H7NO3/c1-2-7-3-9-10(14-6-13-9)4-8(7)5-11-12/h1,3-5,12H,6H2/b11-5+. The van der Waals surface area contributed by atoms with Gasteiger partial charge in [-0.1, -0.05) is 11.1 Å². The molecule has 1 aliphatic heterocycles. The van der Waals surface area contributed by atoms with Crippen LogP contribution >= 0.6 is 0 Å². The molecule has 0 saturated carbocycles. The summed E-state index contributed by atoms with van der Waals surface area (Å²) in [6.07, 6.45) is 6.55. The maximum absolute atomic E-state index is 8.42. The van der Waals surface area contributed by atoms with Crippen LogP contribution in [-0.2, 0) is 0 Å². The van der Waals surface area contributed by atoms with E-state index in [1.165, 1.54) is 6.21 Å². The lowest BCUT2D eigenvalue weighted by Crippen LogP contribution is -1.92. The van der Waals surface area contributed by atoms with Gasteiger partial charge in [0.15, 0.2) is 11.5 Å². The molecule has 1 aliphatic rings. The number of ether oxygens (including phenoxy) is 2. The third-order valence-electron chi connectivity index (χ3n) is 1.90. The zero-order chi connectivity index (χ0) is 9.97. The van der Waals surface area contributed by atoms with Crippen molar-refractivity contribution in [3.63, 3.8) is 0 Å². The monoisotopic (exact) mass is 189 g/mol. The van der Waals surface area contributed by atoms with E-state index in [1.54, 1.807) is 12.1 Å². The van der Waals surface area contributed by atoms with Crippen molar-refractivity contribution in [2.75, 3.05) is 6.79 Å². The summed E-state index contributed by atoms with van der Waals surface area (Å²) in [4.78, 5) is 0. The highest BCUT2D eigenvalue weighted by atomic mass is 16.7. The summed E-state index contributed by atoms with van der Waals surface area (Å²) in [6.45, 7) is 0.194. The van der Waals surface area contributed by atoms with Crippen molar-refractivity contribution >= 4 is 6.21 Å². The fourth-order valence-electron chi connectivity index (χ4n) is 1.25. The Morgan fingerprint density at radius 2 is 2.14 bits per heavy atom. The van der Waals surface area contributed by atoms with Gasteiger partial charge in [-0.2, -0.15) is 0 Å². The van der Waals surface area contributed by atoms with Crippen molar-refractivity contribution in [2.24, 2.45) is 5.16 Å². The number of benzene rings is 1. The first-order chi connectivity index (χ1) is 6.85. The fourth-order valence-corrected chi connectivity index (χ4v) is 1.25. The highest BCUT2D eigenvalue weighted by Crippen LogP contribution is 2.34. The van der Waals surface area contributed by atoms with Crippen molar-refractivity contribution < 1.29 is 14.7 Å². The van der Waals surface area contributed by atoms with Crippen LogP contribution in [0.1, 0.15) is 11.1 Å². The van der Waals surface area contributed by atoms with E-state index in [0.717, 1.165) is 0 Å². The molecule has 0 bridgehead atoms. The van der Waals surface area contributed by atoms with E-state index in [9.17, 15) is 0 Å².